The molecule has 2 aliphatic rings. The summed E-state index contributed by atoms with van der Waals surface area (Å²) < 4.78 is 20.8. The average molecular weight is 503 g/mol. The molecule has 2 fully saturated rings. The predicted octanol–water partition coefficient (Wildman–Crippen LogP) is 5.89. The zero-order valence-corrected chi connectivity index (χ0v) is 18.5. The van der Waals surface area contributed by atoms with E-state index in [1.54, 1.807) is 0 Å². The van der Waals surface area contributed by atoms with Crippen molar-refractivity contribution in [3.63, 3.8) is 0 Å². The summed E-state index contributed by atoms with van der Waals surface area (Å²) >= 11 is 2.39. The summed E-state index contributed by atoms with van der Waals surface area (Å²) in [7, 11) is 0. The molecule has 29 heavy (non-hydrogen) atoms. The number of benzene rings is 2. The van der Waals surface area contributed by atoms with Crippen molar-refractivity contribution in [2.45, 2.75) is 62.3 Å². The van der Waals surface area contributed by atoms with Gasteiger partial charge in [-0.15, -0.1) is 0 Å². The predicted molar refractivity (Wildman–Crippen MR) is 120 cm³/mol. The lowest BCUT2D eigenvalue weighted by molar-refractivity contribution is -0.288. The SMILES string of the molecule is N#CC[C@H]1CC[C@@]2(CC[C@@H](CI)O2)O[C@H](c2ccccc2)[C@@H](c2ccccc2)O1. The van der Waals surface area contributed by atoms with Gasteiger partial charge in [-0.1, -0.05) is 83.3 Å². The molecule has 2 heterocycles. The Balaban J connectivity index is 1.75. The highest BCUT2D eigenvalue weighted by molar-refractivity contribution is 14.1. The smallest absolute Gasteiger partial charge is 0.169 e. The molecule has 152 valence electrons. The van der Waals surface area contributed by atoms with E-state index < -0.39 is 5.79 Å². The van der Waals surface area contributed by atoms with Gasteiger partial charge in [0, 0.05) is 17.3 Å². The first kappa shape index (κ1) is 20.8. The van der Waals surface area contributed by atoms with Crippen LogP contribution in [0.3, 0.4) is 0 Å². The van der Waals surface area contributed by atoms with Gasteiger partial charge in [0.2, 0.25) is 0 Å². The summed E-state index contributed by atoms with van der Waals surface area (Å²) in [5.74, 6) is -0.610. The van der Waals surface area contributed by atoms with Crippen LogP contribution in [0, 0.1) is 11.3 Å². The van der Waals surface area contributed by atoms with Gasteiger partial charge in [-0.25, -0.2) is 0 Å². The van der Waals surface area contributed by atoms with E-state index >= 15 is 0 Å². The van der Waals surface area contributed by atoms with Gasteiger partial charge in [0.1, 0.15) is 12.2 Å². The van der Waals surface area contributed by atoms with Gasteiger partial charge >= 0.3 is 0 Å². The Bertz CT molecular complexity index is 825. The highest BCUT2D eigenvalue weighted by atomic mass is 127. The van der Waals surface area contributed by atoms with Crippen LogP contribution in [-0.4, -0.2) is 22.4 Å². The Morgan fingerprint density at radius 3 is 2.00 bits per heavy atom. The molecule has 1 spiro atoms. The lowest BCUT2D eigenvalue weighted by Crippen LogP contribution is -2.40. The normalized spacial score (nSPS) is 32.4. The van der Waals surface area contributed by atoms with Gasteiger partial charge in [-0.2, -0.15) is 5.26 Å². The molecule has 2 aromatic rings. The van der Waals surface area contributed by atoms with E-state index in [-0.39, 0.29) is 24.4 Å². The molecule has 2 saturated heterocycles. The van der Waals surface area contributed by atoms with Crippen molar-refractivity contribution in [2.24, 2.45) is 0 Å². The molecule has 2 aromatic carbocycles. The molecular weight excluding hydrogens is 477 g/mol. The average Bonchev–Trinajstić information content (AvgIpc) is 3.18. The van der Waals surface area contributed by atoms with Crippen LogP contribution < -0.4 is 0 Å². The van der Waals surface area contributed by atoms with E-state index in [1.807, 2.05) is 36.4 Å². The van der Waals surface area contributed by atoms with Crippen molar-refractivity contribution in [3.8, 4) is 6.07 Å². The van der Waals surface area contributed by atoms with Gasteiger partial charge < -0.3 is 14.2 Å². The summed E-state index contributed by atoms with van der Waals surface area (Å²) in [6.45, 7) is 0. The summed E-state index contributed by atoms with van der Waals surface area (Å²) in [4.78, 5) is 0. The van der Waals surface area contributed by atoms with E-state index in [0.29, 0.717) is 6.42 Å². The Labute approximate surface area is 186 Å². The van der Waals surface area contributed by atoms with E-state index in [2.05, 4.69) is 52.9 Å². The minimum Gasteiger partial charge on any atom is -0.366 e. The molecule has 0 aliphatic carbocycles. The van der Waals surface area contributed by atoms with Crippen molar-refractivity contribution in [1.82, 2.24) is 0 Å². The number of alkyl halides is 1. The number of rotatable bonds is 4. The van der Waals surface area contributed by atoms with Gasteiger partial charge in [0.25, 0.3) is 0 Å². The zero-order chi connectivity index (χ0) is 20.1. The third kappa shape index (κ3) is 4.83. The standard InChI is InChI=1S/C24H26INO3/c25-17-21-12-15-24(28-21)14-11-20(13-16-26)27-22(18-7-3-1-4-8-18)23(29-24)19-9-5-2-6-10-19/h1-10,20-23H,11-15,17H2/t20-,21+,22-,23-,24+/m1/s1. The molecule has 0 radical (unpaired) electrons. The number of ether oxygens (including phenoxy) is 3. The van der Waals surface area contributed by atoms with Gasteiger partial charge in [0.15, 0.2) is 5.79 Å². The van der Waals surface area contributed by atoms with E-state index in [4.69, 9.17) is 14.2 Å². The summed E-state index contributed by atoms with van der Waals surface area (Å²) in [6.07, 6.45) is 3.25. The fourth-order valence-corrected chi connectivity index (χ4v) is 4.92. The first-order chi connectivity index (χ1) is 14.2. The maximum Gasteiger partial charge on any atom is 0.169 e. The van der Waals surface area contributed by atoms with Crippen molar-refractivity contribution < 1.29 is 14.2 Å². The van der Waals surface area contributed by atoms with Crippen LogP contribution in [0.15, 0.2) is 60.7 Å². The van der Waals surface area contributed by atoms with Crippen molar-refractivity contribution in [1.29, 1.82) is 5.26 Å². The van der Waals surface area contributed by atoms with Crippen LogP contribution in [0.1, 0.15) is 55.4 Å². The molecule has 4 nitrogen and oxygen atoms in total. The second-order valence-corrected chi connectivity index (χ2v) is 8.66. The Kier molecular flexibility index (Phi) is 6.86. The molecule has 0 amide bonds. The maximum absolute atomic E-state index is 9.36. The lowest BCUT2D eigenvalue weighted by Gasteiger charge is -2.41. The molecule has 0 bridgehead atoms. The quantitative estimate of drug-likeness (QED) is 0.386. The maximum atomic E-state index is 9.36. The molecule has 4 rings (SSSR count). The van der Waals surface area contributed by atoms with Crippen LogP contribution in [0.25, 0.3) is 0 Å². The van der Waals surface area contributed by atoms with Crippen LogP contribution in [0.2, 0.25) is 0 Å². The van der Waals surface area contributed by atoms with Crippen molar-refractivity contribution >= 4 is 22.6 Å². The summed E-state index contributed by atoms with van der Waals surface area (Å²) in [6, 6.07) is 22.7. The highest BCUT2D eigenvalue weighted by Crippen LogP contribution is 2.47. The molecule has 0 saturated carbocycles. The number of nitriles is 1. The van der Waals surface area contributed by atoms with Crippen molar-refractivity contribution in [3.05, 3.63) is 71.8 Å². The minimum absolute atomic E-state index is 0.139. The molecule has 5 atom stereocenters. The van der Waals surface area contributed by atoms with Crippen LogP contribution in [-0.2, 0) is 14.2 Å². The van der Waals surface area contributed by atoms with Crippen LogP contribution in [0.4, 0.5) is 0 Å². The molecule has 2 aliphatic heterocycles. The third-order valence-corrected chi connectivity index (χ3v) is 6.76. The highest BCUT2D eigenvalue weighted by Gasteiger charge is 2.46. The Morgan fingerprint density at radius 1 is 0.862 bits per heavy atom. The minimum atomic E-state index is -0.610. The Morgan fingerprint density at radius 2 is 1.45 bits per heavy atom. The molecule has 5 heteroatoms. The van der Waals surface area contributed by atoms with Gasteiger partial charge in [0.05, 0.1) is 24.7 Å². The zero-order valence-electron chi connectivity index (χ0n) is 16.4. The first-order valence-electron chi connectivity index (χ1n) is 10.3. The monoisotopic (exact) mass is 503 g/mol. The number of nitrogens with zero attached hydrogens (tertiary/aromatic N) is 1. The summed E-state index contributed by atoms with van der Waals surface area (Å²) in [5, 5.41) is 9.36. The van der Waals surface area contributed by atoms with Crippen LogP contribution in [0.5, 0.6) is 0 Å². The molecule has 0 unspecified atom stereocenters. The number of halogens is 1. The lowest BCUT2D eigenvalue weighted by atomic mass is 9.94. The second-order valence-electron chi connectivity index (χ2n) is 7.78. The molecule has 0 aromatic heterocycles. The van der Waals surface area contributed by atoms with Crippen LogP contribution >= 0.6 is 22.6 Å². The summed E-state index contributed by atoms with van der Waals surface area (Å²) in [5.41, 5.74) is 2.13. The molecular formula is C24H26INO3. The van der Waals surface area contributed by atoms with E-state index in [9.17, 15) is 5.26 Å². The number of hydrogen-bond donors (Lipinski definition) is 0. The van der Waals surface area contributed by atoms with Crippen molar-refractivity contribution in [2.75, 3.05) is 4.43 Å². The van der Waals surface area contributed by atoms with E-state index in [1.165, 1.54) is 0 Å². The Hall–Kier alpha value is -1.46. The molecule has 0 N–H and O–H groups in total. The first-order valence-corrected chi connectivity index (χ1v) is 11.8. The second kappa shape index (κ2) is 9.57. The largest absolute Gasteiger partial charge is 0.366 e. The third-order valence-electron chi connectivity index (χ3n) is 5.78. The van der Waals surface area contributed by atoms with Gasteiger partial charge in [-0.3, -0.25) is 0 Å². The van der Waals surface area contributed by atoms with E-state index in [0.717, 1.165) is 41.2 Å². The topological polar surface area (TPSA) is 51.5 Å². The number of hydrogen-bond acceptors (Lipinski definition) is 4. The van der Waals surface area contributed by atoms with Gasteiger partial charge in [-0.05, 0) is 24.0 Å². The fourth-order valence-electron chi connectivity index (χ4n) is 4.30. The fraction of sp³-hybridized carbons (Fsp3) is 0.458.